The van der Waals surface area contributed by atoms with Crippen LogP contribution in [0.5, 0.6) is 0 Å². The number of benzene rings is 3. The number of nitrogens with one attached hydrogen (secondary N) is 1. The Hall–Kier alpha value is -3.25. The van der Waals surface area contributed by atoms with Crippen molar-refractivity contribution in [1.29, 1.82) is 0 Å². The van der Waals surface area contributed by atoms with E-state index in [-0.39, 0.29) is 17.9 Å². The fraction of sp³-hybridized carbons (Fsp3) is 0.130. The van der Waals surface area contributed by atoms with Gasteiger partial charge < -0.3 is 10.2 Å². The SMILES string of the molecule is C[C@H](NC(=O)c1ccc2c(c1)N(C)C(=O)c1ccccc1S2=O)c1ccccc1. The first kappa shape index (κ1) is 19.1. The van der Waals surface area contributed by atoms with E-state index in [1.165, 1.54) is 4.90 Å². The van der Waals surface area contributed by atoms with Crippen LogP contribution in [0.4, 0.5) is 5.69 Å². The maximum Gasteiger partial charge on any atom is 0.259 e. The number of hydrogen-bond donors (Lipinski definition) is 1. The van der Waals surface area contributed by atoms with Gasteiger partial charge in [0.05, 0.1) is 37.9 Å². The Morgan fingerprint density at radius 3 is 2.41 bits per heavy atom. The molecule has 1 heterocycles. The summed E-state index contributed by atoms with van der Waals surface area (Å²) in [6.45, 7) is 1.91. The molecule has 5 nitrogen and oxygen atoms in total. The van der Waals surface area contributed by atoms with Crippen molar-refractivity contribution in [2.75, 3.05) is 11.9 Å². The van der Waals surface area contributed by atoms with Crippen LogP contribution >= 0.6 is 0 Å². The van der Waals surface area contributed by atoms with Gasteiger partial charge in [0, 0.05) is 12.6 Å². The van der Waals surface area contributed by atoms with E-state index in [1.807, 2.05) is 37.3 Å². The molecular formula is C23H20N2O3S. The van der Waals surface area contributed by atoms with Gasteiger partial charge in [0.25, 0.3) is 11.8 Å². The third-order valence-electron chi connectivity index (χ3n) is 5.05. The van der Waals surface area contributed by atoms with E-state index in [4.69, 9.17) is 0 Å². The van der Waals surface area contributed by atoms with Crippen LogP contribution in [-0.2, 0) is 10.8 Å². The van der Waals surface area contributed by atoms with Gasteiger partial charge in [-0.05, 0) is 42.8 Å². The van der Waals surface area contributed by atoms with Gasteiger partial charge in [-0.3, -0.25) is 9.59 Å². The van der Waals surface area contributed by atoms with E-state index >= 15 is 0 Å². The minimum absolute atomic E-state index is 0.166. The molecule has 3 aromatic carbocycles. The molecular weight excluding hydrogens is 384 g/mol. The van der Waals surface area contributed by atoms with Crippen molar-refractivity contribution < 1.29 is 13.8 Å². The van der Waals surface area contributed by atoms with Crippen molar-refractivity contribution in [2.24, 2.45) is 0 Å². The third kappa shape index (κ3) is 3.47. The van der Waals surface area contributed by atoms with Gasteiger partial charge in [-0.25, -0.2) is 4.21 Å². The second-order valence-electron chi connectivity index (χ2n) is 6.92. The lowest BCUT2D eigenvalue weighted by molar-refractivity contribution is 0.0937. The lowest BCUT2D eigenvalue weighted by atomic mass is 10.1. The number of nitrogens with zero attached hydrogens (tertiary/aromatic N) is 1. The summed E-state index contributed by atoms with van der Waals surface area (Å²) in [7, 11) is 0.129. The summed E-state index contributed by atoms with van der Waals surface area (Å²) < 4.78 is 13.1. The van der Waals surface area contributed by atoms with E-state index in [0.717, 1.165) is 5.56 Å². The molecule has 1 unspecified atom stereocenters. The van der Waals surface area contributed by atoms with Gasteiger partial charge in [0.15, 0.2) is 0 Å². The van der Waals surface area contributed by atoms with Crippen LogP contribution in [0.15, 0.2) is 82.6 Å². The Labute approximate surface area is 171 Å². The molecule has 146 valence electrons. The maximum atomic E-state index is 13.1. The summed E-state index contributed by atoms with van der Waals surface area (Å²) >= 11 is 0. The second kappa shape index (κ2) is 7.64. The Bertz CT molecular complexity index is 1130. The third-order valence-corrected chi connectivity index (χ3v) is 6.55. The van der Waals surface area contributed by atoms with Crippen molar-refractivity contribution in [3.05, 3.63) is 89.5 Å². The summed E-state index contributed by atoms with van der Waals surface area (Å²) in [6.07, 6.45) is 0. The molecule has 0 bridgehead atoms. The first-order chi connectivity index (χ1) is 14.0. The van der Waals surface area contributed by atoms with Crippen molar-refractivity contribution in [1.82, 2.24) is 5.32 Å². The predicted molar refractivity (Wildman–Crippen MR) is 113 cm³/mol. The normalized spacial score (nSPS) is 16.4. The first-order valence-corrected chi connectivity index (χ1v) is 10.4. The Kier molecular flexibility index (Phi) is 5.03. The maximum absolute atomic E-state index is 13.1. The van der Waals surface area contributed by atoms with Crippen molar-refractivity contribution in [3.63, 3.8) is 0 Å². The van der Waals surface area contributed by atoms with Crippen LogP contribution in [-0.4, -0.2) is 23.1 Å². The van der Waals surface area contributed by atoms with Gasteiger partial charge in [0.1, 0.15) is 0 Å². The van der Waals surface area contributed by atoms with Crippen molar-refractivity contribution in [2.45, 2.75) is 22.8 Å². The molecule has 0 fully saturated rings. The van der Waals surface area contributed by atoms with E-state index < -0.39 is 10.8 Å². The Morgan fingerprint density at radius 1 is 0.966 bits per heavy atom. The summed E-state index contributed by atoms with van der Waals surface area (Å²) in [5.41, 5.74) is 2.30. The van der Waals surface area contributed by atoms with Crippen LogP contribution in [0.3, 0.4) is 0 Å². The molecule has 29 heavy (non-hydrogen) atoms. The second-order valence-corrected chi connectivity index (χ2v) is 8.33. The molecule has 0 saturated heterocycles. The molecule has 4 rings (SSSR count). The van der Waals surface area contributed by atoms with E-state index in [2.05, 4.69) is 5.32 Å². The van der Waals surface area contributed by atoms with Crippen molar-refractivity contribution in [3.8, 4) is 0 Å². The zero-order valence-electron chi connectivity index (χ0n) is 16.1. The Morgan fingerprint density at radius 2 is 1.66 bits per heavy atom. The van der Waals surface area contributed by atoms with Gasteiger partial charge in [-0.1, -0.05) is 42.5 Å². The van der Waals surface area contributed by atoms with Crippen LogP contribution in [0.25, 0.3) is 0 Å². The number of anilines is 1. The number of fused-ring (bicyclic) bond motifs is 2. The van der Waals surface area contributed by atoms with Crippen LogP contribution in [0, 0.1) is 0 Å². The van der Waals surface area contributed by atoms with Crippen LogP contribution in [0.2, 0.25) is 0 Å². The van der Waals surface area contributed by atoms with E-state index in [1.54, 1.807) is 49.5 Å². The first-order valence-electron chi connectivity index (χ1n) is 9.26. The highest BCUT2D eigenvalue weighted by Crippen LogP contribution is 2.34. The zero-order valence-corrected chi connectivity index (χ0v) is 16.9. The average Bonchev–Trinajstić information content (AvgIpc) is 2.84. The molecule has 1 aliphatic heterocycles. The average molecular weight is 404 g/mol. The van der Waals surface area contributed by atoms with Gasteiger partial charge >= 0.3 is 0 Å². The predicted octanol–water partition coefficient (Wildman–Crippen LogP) is 3.93. The number of amides is 2. The fourth-order valence-electron chi connectivity index (χ4n) is 3.40. The number of rotatable bonds is 3. The number of carbonyl (C=O) groups excluding carboxylic acids is 2. The van der Waals surface area contributed by atoms with E-state index in [9.17, 15) is 13.8 Å². The monoisotopic (exact) mass is 404 g/mol. The van der Waals surface area contributed by atoms with Gasteiger partial charge in [-0.15, -0.1) is 0 Å². The van der Waals surface area contributed by atoms with Crippen LogP contribution < -0.4 is 10.2 Å². The number of hydrogen-bond acceptors (Lipinski definition) is 3. The summed E-state index contributed by atoms with van der Waals surface area (Å²) in [5, 5.41) is 2.97. The highest BCUT2D eigenvalue weighted by molar-refractivity contribution is 7.85. The van der Waals surface area contributed by atoms with Crippen molar-refractivity contribution >= 4 is 28.3 Å². The molecule has 1 aliphatic rings. The molecule has 0 radical (unpaired) electrons. The molecule has 1 N–H and O–H groups in total. The van der Waals surface area contributed by atoms with Crippen LogP contribution in [0.1, 0.15) is 39.2 Å². The number of carbonyl (C=O) groups is 2. The molecule has 6 heteroatoms. The summed E-state index contributed by atoms with van der Waals surface area (Å²) in [5.74, 6) is -0.500. The quantitative estimate of drug-likeness (QED) is 0.719. The summed E-state index contributed by atoms with van der Waals surface area (Å²) in [4.78, 5) is 28.1. The largest absolute Gasteiger partial charge is 0.346 e. The molecule has 3 aromatic rings. The molecule has 0 aliphatic carbocycles. The molecule has 2 amide bonds. The zero-order chi connectivity index (χ0) is 20.5. The minimum atomic E-state index is -1.50. The highest BCUT2D eigenvalue weighted by atomic mass is 32.2. The Balaban J connectivity index is 1.68. The standard InChI is InChI=1S/C23H20N2O3S/c1-15(16-8-4-3-5-9-16)24-22(26)17-12-13-21-19(14-17)25(2)23(27)18-10-6-7-11-20(18)29(21)28/h3-15H,1-2H3,(H,24,26)/t15-,29?/m0/s1. The molecule has 0 saturated carbocycles. The topological polar surface area (TPSA) is 66.5 Å². The minimum Gasteiger partial charge on any atom is -0.346 e. The fourth-order valence-corrected chi connectivity index (χ4v) is 4.77. The highest BCUT2D eigenvalue weighted by Gasteiger charge is 2.29. The molecule has 0 spiro atoms. The molecule has 0 aromatic heterocycles. The smallest absolute Gasteiger partial charge is 0.259 e. The lowest BCUT2D eigenvalue weighted by Gasteiger charge is -2.19. The van der Waals surface area contributed by atoms with Gasteiger partial charge in [0.2, 0.25) is 0 Å². The van der Waals surface area contributed by atoms with E-state index in [0.29, 0.717) is 26.6 Å². The molecule has 2 atom stereocenters. The summed E-state index contributed by atoms with van der Waals surface area (Å²) in [6, 6.07) is 21.4. The van der Waals surface area contributed by atoms with Gasteiger partial charge in [-0.2, -0.15) is 0 Å². The lowest BCUT2D eigenvalue weighted by Crippen LogP contribution is -2.28.